The first-order valence-electron chi connectivity index (χ1n) is 5.57. The molecule has 5 heteroatoms. The Bertz CT molecular complexity index is 403. The minimum atomic E-state index is -0.406. The van der Waals surface area contributed by atoms with Crippen LogP contribution >= 0.6 is 12.2 Å². The molecule has 3 N–H and O–H groups in total. The lowest BCUT2D eigenvalue weighted by molar-refractivity contribution is -0.118. The average Bonchev–Trinajstić information content (AvgIpc) is 2.28. The predicted octanol–water partition coefficient (Wildman–Crippen LogP) is 2.03. The summed E-state index contributed by atoms with van der Waals surface area (Å²) in [7, 11) is 0. The first-order chi connectivity index (χ1) is 8.04. The van der Waals surface area contributed by atoms with Gasteiger partial charge in [-0.25, -0.2) is 0 Å². The van der Waals surface area contributed by atoms with E-state index in [0.717, 1.165) is 12.1 Å². The minimum Gasteiger partial charge on any atom is -0.393 e. The summed E-state index contributed by atoms with van der Waals surface area (Å²) in [6.07, 6.45) is 3.15. The van der Waals surface area contributed by atoms with Crippen molar-refractivity contribution in [3.05, 3.63) is 24.0 Å². The summed E-state index contributed by atoms with van der Waals surface area (Å²) in [5, 5.41) is 2.77. The Morgan fingerprint density at radius 3 is 2.76 bits per heavy atom. The van der Waals surface area contributed by atoms with Gasteiger partial charge in [-0.1, -0.05) is 25.6 Å². The SMILES string of the molecule is CCCC(C(=O)Nc1ccc(C)nc1)C(N)=S. The maximum atomic E-state index is 11.9. The number of nitrogens with two attached hydrogens (primary N) is 1. The number of hydrogen-bond acceptors (Lipinski definition) is 3. The highest BCUT2D eigenvalue weighted by Gasteiger charge is 2.20. The zero-order valence-electron chi connectivity index (χ0n) is 10.1. The van der Waals surface area contributed by atoms with E-state index in [1.165, 1.54) is 0 Å². The fourth-order valence-corrected chi connectivity index (χ4v) is 1.69. The number of amides is 1. The standard InChI is InChI=1S/C12H17N3OS/c1-3-4-10(11(13)17)12(16)15-9-6-5-8(2)14-7-9/h5-7,10H,3-4H2,1-2H3,(H2,13,17)(H,15,16). The van der Waals surface area contributed by atoms with E-state index in [-0.39, 0.29) is 10.9 Å². The molecule has 1 aromatic rings. The third kappa shape index (κ3) is 4.11. The first kappa shape index (κ1) is 13.6. The van der Waals surface area contributed by atoms with E-state index >= 15 is 0 Å². The zero-order chi connectivity index (χ0) is 12.8. The lowest BCUT2D eigenvalue weighted by atomic mass is 10.0. The van der Waals surface area contributed by atoms with Gasteiger partial charge in [-0.05, 0) is 25.5 Å². The number of carbonyl (C=O) groups excluding carboxylic acids is 1. The second kappa shape index (κ2) is 6.30. The summed E-state index contributed by atoms with van der Waals surface area (Å²) in [6, 6.07) is 3.65. The number of aromatic nitrogens is 1. The van der Waals surface area contributed by atoms with Crippen LogP contribution in [0.1, 0.15) is 25.5 Å². The van der Waals surface area contributed by atoms with Crippen molar-refractivity contribution in [3.8, 4) is 0 Å². The summed E-state index contributed by atoms with van der Waals surface area (Å²) in [4.78, 5) is 16.3. The van der Waals surface area contributed by atoms with E-state index in [0.29, 0.717) is 12.1 Å². The highest BCUT2D eigenvalue weighted by Crippen LogP contribution is 2.12. The van der Waals surface area contributed by atoms with Gasteiger partial charge in [-0.2, -0.15) is 0 Å². The van der Waals surface area contributed by atoms with E-state index in [1.807, 2.05) is 26.0 Å². The predicted molar refractivity (Wildman–Crippen MR) is 72.8 cm³/mol. The van der Waals surface area contributed by atoms with Crippen molar-refractivity contribution in [2.75, 3.05) is 5.32 Å². The van der Waals surface area contributed by atoms with Crippen LogP contribution in [0.4, 0.5) is 5.69 Å². The van der Waals surface area contributed by atoms with E-state index in [2.05, 4.69) is 10.3 Å². The van der Waals surface area contributed by atoms with Gasteiger partial charge in [0.2, 0.25) is 5.91 Å². The Hall–Kier alpha value is -1.49. The van der Waals surface area contributed by atoms with Crippen LogP contribution in [0.5, 0.6) is 0 Å². The van der Waals surface area contributed by atoms with Gasteiger partial charge in [0.1, 0.15) is 0 Å². The number of thiocarbonyl (C=S) groups is 1. The second-order valence-electron chi connectivity index (χ2n) is 3.92. The number of nitrogens with one attached hydrogen (secondary N) is 1. The second-order valence-corrected chi connectivity index (χ2v) is 4.39. The Kier molecular flexibility index (Phi) is 5.03. The average molecular weight is 251 g/mol. The van der Waals surface area contributed by atoms with Gasteiger partial charge in [0.25, 0.3) is 0 Å². The van der Waals surface area contributed by atoms with Crippen LogP contribution < -0.4 is 11.1 Å². The van der Waals surface area contributed by atoms with Crippen molar-refractivity contribution >= 4 is 28.8 Å². The van der Waals surface area contributed by atoms with Gasteiger partial charge >= 0.3 is 0 Å². The molecule has 0 radical (unpaired) electrons. The van der Waals surface area contributed by atoms with Crippen LogP contribution in [-0.4, -0.2) is 15.9 Å². The molecule has 1 amide bonds. The maximum Gasteiger partial charge on any atom is 0.234 e. The zero-order valence-corrected chi connectivity index (χ0v) is 10.9. The van der Waals surface area contributed by atoms with Crippen molar-refractivity contribution in [1.29, 1.82) is 0 Å². The number of aryl methyl sites for hydroxylation is 1. The Balaban J connectivity index is 2.69. The summed E-state index contributed by atoms with van der Waals surface area (Å²) in [6.45, 7) is 3.88. The van der Waals surface area contributed by atoms with E-state index in [1.54, 1.807) is 6.20 Å². The third-order valence-corrected chi connectivity index (χ3v) is 2.70. The normalized spacial score (nSPS) is 11.9. The van der Waals surface area contributed by atoms with E-state index < -0.39 is 5.92 Å². The maximum absolute atomic E-state index is 11.9. The summed E-state index contributed by atoms with van der Waals surface area (Å²) in [5.41, 5.74) is 7.13. The molecule has 4 nitrogen and oxygen atoms in total. The lowest BCUT2D eigenvalue weighted by Gasteiger charge is -2.14. The number of pyridine rings is 1. The van der Waals surface area contributed by atoms with Crippen molar-refractivity contribution < 1.29 is 4.79 Å². The molecular weight excluding hydrogens is 234 g/mol. The number of anilines is 1. The molecular formula is C12H17N3OS. The molecule has 0 aliphatic heterocycles. The molecule has 0 spiro atoms. The molecule has 1 rings (SSSR count). The van der Waals surface area contributed by atoms with Gasteiger partial charge in [0.05, 0.1) is 22.8 Å². The summed E-state index contributed by atoms with van der Waals surface area (Å²) < 4.78 is 0. The van der Waals surface area contributed by atoms with Crippen molar-refractivity contribution in [2.45, 2.75) is 26.7 Å². The highest BCUT2D eigenvalue weighted by molar-refractivity contribution is 7.80. The monoisotopic (exact) mass is 251 g/mol. The lowest BCUT2D eigenvalue weighted by Crippen LogP contribution is -2.33. The summed E-state index contributed by atoms with van der Waals surface area (Å²) in [5.74, 6) is -0.568. The molecule has 0 saturated heterocycles. The highest BCUT2D eigenvalue weighted by atomic mass is 32.1. The van der Waals surface area contributed by atoms with Crippen molar-refractivity contribution in [1.82, 2.24) is 4.98 Å². The number of nitrogens with zero attached hydrogens (tertiary/aromatic N) is 1. The molecule has 0 aliphatic carbocycles. The molecule has 1 atom stereocenters. The van der Waals surface area contributed by atoms with Gasteiger partial charge in [0, 0.05) is 5.69 Å². The Labute approximate surface area is 107 Å². The molecule has 17 heavy (non-hydrogen) atoms. The number of hydrogen-bond donors (Lipinski definition) is 2. The van der Waals surface area contributed by atoms with Crippen LogP contribution in [0, 0.1) is 12.8 Å². The van der Waals surface area contributed by atoms with Crippen LogP contribution in [0.2, 0.25) is 0 Å². The molecule has 1 heterocycles. The molecule has 1 unspecified atom stereocenters. The van der Waals surface area contributed by atoms with Crippen molar-refractivity contribution in [2.24, 2.45) is 11.7 Å². The molecule has 0 fully saturated rings. The largest absolute Gasteiger partial charge is 0.393 e. The number of carbonyl (C=O) groups is 1. The minimum absolute atomic E-state index is 0.162. The Morgan fingerprint density at radius 2 is 2.29 bits per heavy atom. The van der Waals surface area contributed by atoms with Crippen LogP contribution in [0.3, 0.4) is 0 Å². The molecule has 92 valence electrons. The molecule has 0 bridgehead atoms. The van der Waals surface area contributed by atoms with Crippen LogP contribution in [0.25, 0.3) is 0 Å². The molecule has 0 aromatic carbocycles. The van der Waals surface area contributed by atoms with E-state index in [4.69, 9.17) is 18.0 Å². The van der Waals surface area contributed by atoms with Gasteiger partial charge in [-0.3, -0.25) is 9.78 Å². The van der Waals surface area contributed by atoms with Gasteiger partial charge in [0.15, 0.2) is 0 Å². The van der Waals surface area contributed by atoms with Crippen LogP contribution in [0.15, 0.2) is 18.3 Å². The summed E-state index contributed by atoms with van der Waals surface area (Å²) >= 11 is 4.90. The molecule has 0 saturated carbocycles. The quantitative estimate of drug-likeness (QED) is 0.786. The fourth-order valence-electron chi connectivity index (χ4n) is 1.46. The smallest absolute Gasteiger partial charge is 0.234 e. The van der Waals surface area contributed by atoms with Crippen molar-refractivity contribution in [3.63, 3.8) is 0 Å². The van der Waals surface area contributed by atoms with E-state index in [9.17, 15) is 4.79 Å². The third-order valence-electron chi connectivity index (χ3n) is 2.42. The fraction of sp³-hybridized carbons (Fsp3) is 0.417. The molecule has 1 aromatic heterocycles. The van der Waals surface area contributed by atoms with Crippen LogP contribution in [-0.2, 0) is 4.79 Å². The Morgan fingerprint density at radius 1 is 1.59 bits per heavy atom. The molecule has 0 aliphatic rings. The number of rotatable bonds is 5. The van der Waals surface area contributed by atoms with Gasteiger partial charge < -0.3 is 11.1 Å². The topological polar surface area (TPSA) is 68.0 Å². The first-order valence-corrected chi connectivity index (χ1v) is 5.98. The van der Waals surface area contributed by atoms with Gasteiger partial charge in [-0.15, -0.1) is 0 Å².